The summed E-state index contributed by atoms with van der Waals surface area (Å²) >= 11 is 0. The van der Waals surface area contributed by atoms with Crippen molar-refractivity contribution in [2.24, 2.45) is 0 Å². The molecular formula is C26H30N2O4. The van der Waals surface area contributed by atoms with Gasteiger partial charge in [0, 0.05) is 47.1 Å². The van der Waals surface area contributed by atoms with Crippen molar-refractivity contribution in [1.82, 2.24) is 10.2 Å². The minimum absolute atomic E-state index is 0.113. The Bertz CT molecular complexity index is 1060. The average Bonchev–Trinajstić information content (AvgIpc) is 2.77. The van der Waals surface area contributed by atoms with Gasteiger partial charge in [-0.25, -0.2) is 0 Å². The van der Waals surface area contributed by atoms with Crippen molar-refractivity contribution in [3.63, 3.8) is 0 Å². The smallest absolute Gasteiger partial charge is 0.253 e. The van der Waals surface area contributed by atoms with Crippen LogP contribution in [0.5, 0.6) is 5.75 Å². The molecule has 0 bridgehead atoms. The van der Waals surface area contributed by atoms with Crippen molar-refractivity contribution in [3.8, 4) is 5.75 Å². The molecule has 4 rings (SSSR count). The Labute approximate surface area is 188 Å². The van der Waals surface area contributed by atoms with Crippen LogP contribution in [0.15, 0.2) is 48.5 Å². The fourth-order valence-corrected chi connectivity index (χ4v) is 4.47. The molecule has 1 fully saturated rings. The van der Waals surface area contributed by atoms with Crippen LogP contribution in [0.1, 0.15) is 58.5 Å². The third-order valence-electron chi connectivity index (χ3n) is 6.09. The number of aliphatic hydroxyl groups excluding tert-OH is 1. The first-order valence-corrected chi connectivity index (χ1v) is 11.0. The third kappa shape index (κ3) is 4.70. The minimum atomic E-state index is -0.464. The van der Waals surface area contributed by atoms with Gasteiger partial charge in [-0.2, -0.15) is 0 Å². The highest BCUT2D eigenvalue weighted by Crippen LogP contribution is 2.32. The summed E-state index contributed by atoms with van der Waals surface area (Å²) in [4.78, 5) is 27.4. The van der Waals surface area contributed by atoms with Gasteiger partial charge >= 0.3 is 0 Å². The number of methoxy groups -OCH3 is 1. The van der Waals surface area contributed by atoms with Crippen molar-refractivity contribution in [2.75, 3.05) is 20.2 Å². The Kier molecular flexibility index (Phi) is 6.07. The van der Waals surface area contributed by atoms with Gasteiger partial charge in [-0.3, -0.25) is 9.59 Å². The van der Waals surface area contributed by atoms with E-state index in [0.29, 0.717) is 24.2 Å². The van der Waals surface area contributed by atoms with Gasteiger partial charge in [-0.05, 0) is 62.9 Å². The number of likely N-dealkylation sites (tertiary alicyclic amines) is 1. The minimum Gasteiger partial charge on any atom is -0.497 e. The summed E-state index contributed by atoms with van der Waals surface area (Å²) in [6, 6.07) is 12.7. The first-order valence-electron chi connectivity index (χ1n) is 11.0. The number of ketones is 1. The van der Waals surface area contributed by atoms with Crippen molar-refractivity contribution in [3.05, 3.63) is 70.8 Å². The predicted molar refractivity (Wildman–Crippen MR) is 124 cm³/mol. The molecule has 168 valence electrons. The Morgan fingerprint density at radius 2 is 1.88 bits per heavy atom. The SMILES string of the molecule is COc1ccc2c(c1)/C(=C/C(=O)c1ccc(C(=O)N3CCCC(O)C3)cc1)NC(C)(C)C2. The molecule has 6 nitrogen and oxygen atoms in total. The average molecular weight is 435 g/mol. The van der Waals surface area contributed by atoms with Gasteiger partial charge < -0.3 is 20.1 Å². The predicted octanol–water partition coefficient (Wildman–Crippen LogP) is 3.44. The van der Waals surface area contributed by atoms with Crippen molar-refractivity contribution < 1.29 is 19.4 Å². The number of carbonyl (C=O) groups excluding carboxylic acids is 2. The number of amides is 1. The molecule has 6 heteroatoms. The van der Waals surface area contributed by atoms with E-state index in [-0.39, 0.29) is 17.2 Å². The molecule has 32 heavy (non-hydrogen) atoms. The highest BCUT2D eigenvalue weighted by atomic mass is 16.5. The number of nitrogens with one attached hydrogen (secondary N) is 1. The Morgan fingerprint density at radius 3 is 2.56 bits per heavy atom. The van der Waals surface area contributed by atoms with E-state index in [9.17, 15) is 14.7 Å². The van der Waals surface area contributed by atoms with Crippen LogP contribution in [0.3, 0.4) is 0 Å². The number of fused-ring (bicyclic) bond motifs is 1. The highest BCUT2D eigenvalue weighted by Gasteiger charge is 2.28. The molecule has 2 aromatic rings. The number of carbonyl (C=O) groups is 2. The molecule has 0 radical (unpaired) electrons. The van der Waals surface area contributed by atoms with E-state index in [4.69, 9.17) is 4.74 Å². The molecule has 2 aliphatic heterocycles. The Balaban J connectivity index is 1.56. The van der Waals surface area contributed by atoms with E-state index < -0.39 is 6.10 Å². The van der Waals surface area contributed by atoms with Crippen molar-refractivity contribution >= 4 is 17.4 Å². The van der Waals surface area contributed by atoms with Gasteiger partial charge in [0.15, 0.2) is 5.78 Å². The van der Waals surface area contributed by atoms with Crippen LogP contribution < -0.4 is 10.1 Å². The van der Waals surface area contributed by atoms with E-state index in [2.05, 4.69) is 19.2 Å². The number of hydrogen-bond acceptors (Lipinski definition) is 5. The monoisotopic (exact) mass is 434 g/mol. The zero-order valence-electron chi connectivity index (χ0n) is 18.9. The lowest BCUT2D eigenvalue weighted by atomic mass is 9.85. The number of rotatable bonds is 4. The van der Waals surface area contributed by atoms with Gasteiger partial charge in [-0.15, -0.1) is 0 Å². The van der Waals surface area contributed by atoms with Crippen molar-refractivity contribution in [2.45, 2.75) is 44.8 Å². The molecule has 2 aliphatic rings. The molecule has 0 spiro atoms. The number of benzene rings is 2. The van der Waals surface area contributed by atoms with Gasteiger partial charge in [0.05, 0.1) is 13.2 Å². The van der Waals surface area contributed by atoms with E-state index in [1.54, 1.807) is 42.4 Å². The molecule has 0 aromatic heterocycles. The van der Waals surface area contributed by atoms with Gasteiger partial charge in [0.2, 0.25) is 0 Å². The second kappa shape index (κ2) is 8.79. The largest absolute Gasteiger partial charge is 0.497 e. The van der Waals surface area contributed by atoms with Crippen LogP contribution in [0.4, 0.5) is 0 Å². The number of allylic oxidation sites excluding steroid dienone is 1. The quantitative estimate of drug-likeness (QED) is 0.569. The number of β-amino-alcohol motifs (C(OH)–C–C–N with tert-alkyl or cyclic N) is 1. The fraction of sp³-hybridized carbons (Fsp3) is 0.385. The Morgan fingerprint density at radius 1 is 1.16 bits per heavy atom. The van der Waals surface area contributed by atoms with Crippen LogP contribution in [-0.2, 0) is 6.42 Å². The van der Waals surface area contributed by atoms with Crippen LogP contribution >= 0.6 is 0 Å². The summed E-state index contributed by atoms with van der Waals surface area (Å²) in [5.74, 6) is 0.499. The zero-order valence-corrected chi connectivity index (χ0v) is 18.9. The third-order valence-corrected chi connectivity index (χ3v) is 6.09. The number of nitrogens with zero attached hydrogens (tertiary/aromatic N) is 1. The molecule has 0 saturated carbocycles. The number of piperidine rings is 1. The molecule has 2 heterocycles. The summed E-state index contributed by atoms with van der Waals surface area (Å²) < 4.78 is 5.37. The molecule has 2 aromatic carbocycles. The maximum absolute atomic E-state index is 13.0. The second-order valence-electron chi connectivity index (χ2n) is 9.26. The fourth-order valence-electron chi connectivity index (χ4n) is 4.47. The first-order chi connectivity index (χ1) is 15.3. The lowest BCUT2D eigenvalue weighted by Crippen LogP contribution is -2.43. The van der Waals surface area contributed by atoms with E-state index in [1.165, 1.54) is 5.56 Å². The highest BCUT2D eigenvalue weighted by molar-refractivity contribution is 6.09. The van der Waals surface area contributed by atoms with Crippen LogP contribution in [0.2, 0.25) is 0 Å². The molecule has 0 aliphatic carbocycles. The first kappa shape index (κ1) is 22.1. The lowest BCUT2D eigenvalue weighted by molar-refractivity contribution is 0.0473. The molecule has 2 N–H and O–H groups in total. The second-order valence-corrected chi connectivity index (χ2v) is 9.26. The molecule has 1 unspecified atom stereocenters. The molecular weight excluding hydrogens is 404 g/mol. The van der Waals surface area contributed by atoms with Crippen LogP contribution in [0, 0.1) is 0 Å². The number of ether oxygens (including phenoxy) is 1. The van der Waals surface area contributed by atoms with Crippen LogP contribution in [0.25, 0.3) is 5.70 Å². The Hall–Kier alpha value is -3.12. The number of aliphatic hydroxyl groups is 1. The standard InChI is InChI=1S/C26H30N2O4/c1-26(2)15-19-10-11-21(32-3)13-22(19)23(27-26)14-24(30)17-6-8-18(9-7-17)25(31)28-12-4-5-20(29)16-28/h6-11,13-14,20,27,29H,4-5,12,15-16H2,1-3H3/b23-14-. The summed E-state index contributed by atoms with van der Waals surface area (Å²) in [6.45, 7) is 5.22. The van der Waals surface area contributed by atoms with E-state index >= 15 is 0 Å². The molecule has 1 saturated heterocycles. The summed E-state index contributed by atoms with van der Waals surface area (Å²) in [5, 5.41) is 13.3. The van der Waals surface area contributed by atoms with E-state index in [0.717, 1.165) is 36.3 Å². The molecule has 1 atom stereocenters. The van der Waals surface area contributed by atoms with E-state index in [1.807, 2.05) is 18.2 Å². The summed E-state index contributed by atoms with van der Waals surface area (Å²) in [5.41, 5.74) is 3.76. The number of hydrogen-bond donors (Lipinski definition) is 2. The van der Waals surface area contributed by atoms with Crippen molar-refractivity contribution in [1.29, 1.82) is 0 Å². The maximum Gasteiger partial charge on any atom is 0.253 e. The molecule has 1 amide bonds. The lowest BCUT2D eigenvalue weighted by Gasteiger charge is -2.35. The van der Waals surface area contributed by atoms with Gasteiger partial charge in [0.1, 0.15) is 5.75 Å². The maximum atomic E-state index is 13.0. The summed E-state index contributed by atoms with van der Waals surface area (Å²) in [6.07, 6.45) is 3.53. The normalized spacial score (nSPS) is 20.9. The van der Waals surface area contributed by atoms with Crippen LogP contribution in [-0.4, -0.2) is 53.5 Å². The topological polar surface area (TPSA) is 78.9 Å². The summed E-state index contributed by atoms with van der Waals surface area (Å²) in [7, 11) is 1.63. The zero-order chi connectivity index (χ0) is 22.9. The van der Waals surface area contributed by atoms with Gasteiger partial charge in [0.25, 0.3) is 5.91 Å². The van der Waals surface area contributed by atoms with Gasteiger partial charge in [-0.1, -0.05) is 18.2 Å².